The van der Waals surface area contributed by atoms with E-state index in [9.17, 15) is 17.6 Å². The molecule has 22 heavy (non-hydrogen) atoms. The maximum atomic E-state index is 12.9. The van der Waals surface area contributed by atoms with Crippen molar-refractivity contribution in [3.8, 4) is 0 Å². The molecule has 0 fully saturated rings. The normalized spacial score (nSPS) is 12.9. The maximum absolute atomic E-state index is 12.9. The van der Waals surface area contributed by atoms with E-state index < -0.39 is 16.1 Å². The van der Waals surface area contributed by atoms with Crippen molar-refractivity contribution >= 4 is 15.8 Å². The van der Waals surface area contributed by atoms with Crippen LogP contribution in [0.2, 0.25) is 0 Å². The van der Waals surface area contributed by atoms with Gasteiger partial charge in [-0.15, -0.1) is 0 Å². The number of benzene rings is 2. The fourth-order valence-corrected chi connectivity index (χ4v) is 3.28. The summed E-state index contributed by atoms with van der Waals surface area (Å²) in [5.74, 6) is -0.586. The molecule has 0 spiro atoms. The standard InChI is InChI=1S/C16H16FNO3S/c1-11(13-6-8-15(17)9-7-13)18-22(20,21)16-5-3-4-14(10-16)12(2)19/h3-11,18H,1-2H3/t11-/m0/s1. The average Bonchev–Trinajstić information content (AvgIpc) is 2.47. The van der Waals surface area contributed by atoms with Crippen LogP contribution in [0.5, 0.6) is 0 Å². The lowest BCUT2D eigenvalue weighted by Gasteiger charge is -2.15. The van der Waals surface area contributed by atoms with Crippen LogP contribution in [0.1, 0.15) is 35.8 Å². The summed E-state index contributed by atoms with van der Waals surface area (Å²) >= 11 is 0. The Bertz CT molecular complexity index is 785. The second-order valence-electron chi connectivity index (χ2n) is 4.98. The smallest absolute Gasteiger partial charge is 0.241 e. The Kier molecular flexibility index (Phi) is 4.73. The zero-order valence-corrected chi connectivity index (χ0v) is 13.0. The molecule has 0 radical (unpaired) electrons. The van der Waals surface area contributed by atoms with E-state index in [2.05, 4.69) is 4.72 Å². The van der Waals surface area contributed by atoms with Crippen molar-refractivity contribution in [3.63, 3.8) is 0 Å². The molecule has 116 valence electrons. The highest BCUT2D eigenvalue weighted by molar-refractivity contribution is 7.89. The summed E-state index contributed by atoms with van der Waals surface area (Å²) in [5, 5.41) is 0. The highest BCUT2D eigenvalue weighted by Gasteiger charge is 2.19. The first-order valence-electron chi connectivity index (χ1n) is 6.68. The Labute approximate surface area is 129 Å². The van der Waals surface area contributed by atoms with Crippen molar-refractivity contribution in [2.24, 2.45) is 0 Å². The number of ketones is 1. The zero-order chi connectivity index (χ0) is 16.3. The highest BCUT2D eigenvalue weighted by Crippen LogP contribution is 2.18. The largest absolute Gasteiger partial charge is 0.295 e. The number of carbonyl (C=O) groups is 1. The number of rotatable bonds is 5. The van der Waals surface area contributed by atoms with Crippen LogP contribution in [0.15, 0.2) is 53.4 Å². The average molecular weight is 321 g/mol. The summed E-state index contributed by atoms with van der Waals surface area (Å²) in [4.78, 5) is 11.4. The zero-order valence-electron chi connectivity index (χ0n) is 12.2. The third kappa shape index (κ3) is 3.78. The maximum Gasteiger partial charge on any atom is 0.241 e. The third-order valence-corrected chi connectivity index (χ3v) is 4.79. The summed E-state index contributed by atoms with van der Waals surface area (Å²) in [6.07, 6.45) is 0. The molecule has 6 heteroatoms. The van der Waals surface area contributed by atoms with Gasteiger partial charge in [-0.3, -0.25) is 4.79 Å². The molecule has 0 saturated carbocycles. The highest BCUT2D eigenvalue weighted by atomic mass is 32.2. The fraction of sp³-hybridized carbons (Fsp3) is 0.188. The molecule has 0 heterocycles. The van der Waals surface area contributed by atoms with Gasteiger partial charge in [-0.1, -0.05) is 24.3 Å². The predicted octanol–water partition coefficient (Wildman–Crippen LogP) is 3.07. The number of nitrogens with one attached hydrogen (secondary N) is 1. The topological polar surface area (TPSA) is 63.2 Å². The lowest BCUT2D eigenvalue weighted by atomic mass is 10.1. The number of halogens is 1. The van der Waals surface area contributed by atoms with Crippen molar-refractivity contribution in [1.82, 2.24) is 4.72 Å². The van der Waals surface area contributed by atoms with Gasteiger partial charge in [-0.2, -0.15) is 0 Å². The number of carbonyl (C=O) groups excluding carboxylic acids is 1. The van der Waals surface area contributed by atoms with Crippen LogP contribution in [-0.4, -0.2) is 14.2 Å². The summed E-state index contributed by atoms with van der Waals surface area (Å²) in [6.45, 7) is 3.04. The van der Waals surface area contributed by atoms with Crippen molar-refractivity contribution in [2.45, 2.75) is 24.8 Å². The second kappa shape index (κ2) is 6.37. The minimum Gasteiger partial charge on any atom is -0.295 e. The molecule has 2 aromatic carbocycles. The van der Waals surface area contributed by atoms with E-state index in [0.29, 0.717) is 11.1 Å². The van der Waals surface area contributed by atoms with E-state index in [1.165, 1.54) is 49.4 Å². The summed E-state index contributed by atoms with van der Waals surface area (Å²) in [6, 6.07) is 10.9. The number of hydrogen-bond acceptors (Lipinski definition) is 3. The minimum absolute atomic E-state index is 0.0224. The Hall–Kier alpha value is -2.05. The molecule has 0 unspecified atom stereocenters. The molecule has 2 rings (SSSR count). The first kappa shape index (κ1) is 16.3. The Morgan fingerprint density at radius 3 is 2.36 bits per heavy atom. The molecular weight excluding hydrogens is 305 g/mol. The quantitative estimate of drug-likeness (QED) is 0.861. The van der Waals surface area contributed by atoms with E-state index in [1.807, 2.05) is 0 Å². The second-order valence-corrected chi connectivity index (χ2v) is 6.69. The van der Waals surface area contributed by atoms with Gasteiger partial charge < -0.3 is 0 Å². The van der Waals surface area contributed by atoms with Gasteiger partial charge in [0.2, 0.25) is 10.0 Å². The monoisotopic (exact) mass is 321 g/mol. The van der Waals surface area contributed by atoms with Crippen LogP contribution in [0.3, 0.4) is 0 Å². The van der Waals surface area contributed by atoms with Gasteiger partial charge in [0, 0.05) is 11.6 Å². The molecule has 0 aliphatic carbocycles. The van der Waals surface area contributed by atoms with Crippen LogP contribution in [0.4, 0.5) is 4.39 Å². The molecule has 0 amide bonds. The van der Waals surface area contributed by atoms with Gasteiger partial charge in [-0.05, 0) is 43.7 Å². The van der Waals surface area contributed by atoms with Crippen LogP contribution >= 0.6 is 0 Å². The van der Waals surface area contributed by atoms with Gasteiger partial charge in [0.15, 0.2) is 5.78 Å². The van der Waals surface area contributed by atoms with Gasteiger partial charge in [0.05, 0.1) is 4.90 Å². The van der Waals surface area contributed by atoms with Crippen LogP contribution < -0.4 is 4.72 Å². The van der Waals surface area contributed by atoms with Crippen LogP contribution in [0, 0.1) is 5.82 Å². The number of sulfonamides is 1. The first-order chi connectivity index (χ1) is 10.3. The molecule has 1 N–H and O–H groups in total. The molecule has 2 aromatic rings. The van der Waals surface area contributed by atoms with Crippen molar-refractivity contribution in [1.29, 1.82) is 0 Å². The number of Topliss-reactive ketones (excluding diaryl/α,β-unsaturated/α-hetero) is 1. The van der Waals surface area contributed by atoms with Crippen molar-refractivity contribution in [3.05, 3.63) is 65.5 Å². The summed E-state index contributed by atoms with van der Waals surface area (Å²) in [7, 11) is -3.77. The molecule has 0 aromatic heterocycles. The number of hydrogen-bond donors (Lipinski definition) is 1. The Morgan fingerprint density at radius 2 is 1.77 bits per heavy atom. The van der Waals surface area contributed by atoms with E-state index >= 15 is 0 Å². The molecule has 0 saturated heterocycles. The molecule has 1 atom stereocenters. The lowest BCUT2D eigenvalue weighted by Crippen LogP contribution is -2.27. The SMILES string of the molecule is CC(=O)c1cccc(S(=O)(=O)N[C@@H](C)c2ccc(F)cc2)c1. The minimum atomic E-state index is -3.77. The van der Waals surface area contributed by atoms with Crippen LogP contribution in [-0.2, 0) is 10.0 Å². The van der Waals surface area contributed by atoms with E-state index in [1.54, 1.807) is 13.0 Å². The van der Waals surface area contributed by atoms with Crippen molar-refractivity contribution < 1.29 is 17.6 Å². The van der Waals surface area contributed by atoms with Crippen molar-refractivity contribution in [2.75, 3.05) is 0 Å². The van der Waals surface area contributed by atoms with E-state index in [4.69, 9.17) is 0 Å². The lowest BCUT2D eigenvalue weighted by molar-refractivity contribution is 0.101. The van der Waals surface area contributed by atoms with E-state index in [0.717, 1.165) is 0 Å². The summed E-state index contributed by atoms with van der Waals surface area (Å²) < 4.78 is 40.1. The Morgan fingerprint density at radius 1 is 1.14 bits per heavy atom. The predicted molar refractivity (Wildman–Crippen MR) is 81.6 cm³/mol. The van der Waals surface area contributed by atoms with Gasteiger partial charge in [0.25, 0.3) is 0 Å². The molecule has 0 aliphatic heterocycles. The van der Waals surface area contributed by atoms with Gasteiger partial charge in [0.1, 0.15) is 5.82 Å². The summed E-state index contributed by atoms with van der Waals surface area (Å²) in [5.41, 5.74) is 0.977. The molecule has 4 nitrogen and oxygen atoms in total. The third-order valence-electron chi connectivity index (χ3n) is 3.25. The molecular formula is C16H16FNO3S. The molecule has 0 bridgehead atoms. The van der Waals surface area contributed by atoms with Gasteiger partial charge >= 0.3 is 0 Å². The van der Waals surface area contributed by atoms with E-state index in [-0.39, 0.29) is 16.5 Å². The fourth-order valence-electron chi connectivity index (χ4n) is 2.00. The Balaban J connectivity index is 2.25. The van der Waals surface area contributed by atoms with Crippen LogP contribution in [0.25, 0.3) is 0 Å². The molecule has 0 aliphatic rings. The first-order valence-corrected chi connectivity index (χ1v) is 8.17. The van der Waals surface area contributed by atoms with Gasteiger partial charge in [-0.25, -0.2) is 17.5 Å².